The predicted molar refractivity (Wildman–Crippen MR) is 245 cm³/mol. The molecule has 0 saturated carbocycles. The zero-order chi connectivity index (χ0) is 37.9. The van der Waals surface area contributed by atoms with Crippen molar-refractivity contribution in [2.45, 2.75) is 4.90 Å². The molecule has 57 heavy (non-hydrogen) atoms. The number of aromatic nitrogens is 2. The van der Waals surface area contributed by atoms with E-state index in [1.54, 1.807) is 0 Å². The number of nitrogens with zero attached hydrogens (tertiary/aromatic N) is 2. The highest BCUT2D eigenvalue weighted by Crippen LogP contribution is 2.48. The SMILES string of the molecule is C=C1/C=C\C=C(\c2cccc3ccccc23)CSc2c1ccc1c2c2c3ccccc3c3ccccc3c2n1-c1cc(-c2ccccc2)nc(-c2ccccc2)c1. The molecule has 268 valence electrons. The minimum Gasteiger partial charge on any atom is -0.308 e. The molecule has 0 amide bonds. The fourth-order valence-corrected chi connectivity index (χ4v) is 10.1. The Morgan fingerprint density at radius 2 is 1.12 bits per heavy atom. The van der Waals surface area contributed by atoms with Gasteiger partial charge in [-0.2, -0.15) is 0 Å². The highest BCUT2D eigenvalue weighted by molar-refractivity contribution is 8.00. The zero-order valence-electron chi connectivity index (χ0n) is 31.2. The molecule has 0 atom stereocenters. The molecule has 0 aliphatic carbocycles. The fourth-order valence-electron chi connectivity index (χ4n) is 8.80. The average Bonchev–Trinajstić information content (AvgIpc) is 3.67. The van der Waals surface area contributed by atoms with Crippen molar-refractivity contribution < 1.29 is 0 Å². The number of benzene rings is 8. The van der Waals surface area contributed by atoms with E-state index in [0.29, 0.717) is 0 Å². The van der Waals surface area contributed by atoms with Gasteiger partial charge in [-0.15, -0.1) is 11.8 Å². The Morgan fingerprint density at radius 1 is 0.526 bits per heavy atom. The van der Waals surface area contributed by atoms with Crippen LogP contribution >= 0.6 is 11.8 Å². The van der Waals surface area contributed by atoms with E-state index in [1.165, 1.54) is 64.6 Å². The summed E-state index contributed by atoms with van der Waals surface area (Å²) in [5.74, 6) is 0.807. The molecule has 2 aromatic heterocycles. The highest BCUT2D eigenvalue weighted by Gasteiger charge is 2.25. The summed E-state index contributed by atoms with van der Waals surface area (Å²) in [7, 11) is 0. The van der Waals surface area contributed by atoms with Gasteiger partial charge in [0, 0.05) is 37.9 Å². The van der Waals surface area contributed by atoms with Gasteiger partial charge in [0.15, 0.2) is 0 Å². The topological polar surface area (TPSA) is 17.8 Å². The quantitative estimate of drug-likeness (QED) is 0.167. The van der Waals surface area contributed by atoms with Gasteiger partial charge in [-0.3, -0.25) is 0 Å². The van der Waals surface area contributed by atoms with Crippen LogP contribution in [0, 0.1) is 0 Å². The molecule has 0 saturated heterocycles. The van der Waals surface area contributed by atoms with Gasteiger partial charge in [-0.1, -0.05) is 183 Å². The number of rotatable bonds is 4. The monoisotopic (exact) mass is 744 g/mol. The van der Waals surface area contributed by atoms with Gasteiger partial charge < -0.3 is 4.57 Å². The number of fused-ring (bicyclic) bond motifs is 11. The van der Waals surface area contributed by atoms with Crippen LogP contribution in [0.5, 0.6) is 0 Å². The molecule has 0 unspecified atom stereocenters. The van der Waals surface area contributed by atoms with E-state index in [9.17, 15) is 0 Å². The molecular weight excluding hydrogens is 709 g/mol. The Balaban J connectivity index is 1.25. The molecule has 0 N–H and O–H groups in total. The van der Waals surface area contributed by atoms with E-state index in [2.05, 4.69) is 205 Å². The summed E-state index contributed by atoms with van der Waals surface area (Å²) in [6.45, 7) is 4.66. The number of hydrogen-bond donors (Lipinski definition) is 0. The van der Waals surface area contributed by atoms with Gasteiger partial charge >= 0.3 is 0 Å². The van der Waals surface area contributed by atoms with E-state index < -0.39 is 0 Å². The predicted octanol–water partition coefficient (Wildman–Crippen LogP) is 14.7. The van der Waals surface area contributed by atoms with E-state index in [1.807, 2.05) is 11.8 Å². The molecule has 2 nitrogen and oxygen atoms in total. The Morgan fingerprint density at radius 3 is 1.84 bits per heavy atom. The van der Waals surface area contributed by atoms with Gasteiger partial charge in [-0.05, 0) is 67.4 Å². The first kappa shape index (κ1) is 33.4. The van der Waals surface area contributed by atoms with E-state index in [0.717, 1.165) is 50.6 Å². The lowest BCUT2D eigenvalue weighted by atomic mass is 9.95. The average molecular weight is 745 g/mol. The van der Waals surface area contributed by atoms with Crippen LogP contribution in [0.4, 0.5) is 0 Å². The molecule has 1 aliphatic rings. The molecule has 1 aliphatic heterocycles. The lowest BCUT2D eigenvalue weighted by Gasteiger charge is -2.16. The Bertz CT molecular complexity index is 3230. The zero-order valence-corrected chi connectivity index (χ0v) is 32.0. The van der Waals surface area contributed by atoms with Gasteiger partial charge in [0.05, 0.1) is 28.1 Å². The second-order valence-corrected chi connectivity index (χ2v) is 15.7. The summed E-state index contributed by atoms with van der Waals surface area (Å²) in [6, 6.07) is 63.4. The third kappa shape index (κ3) is 5.54. The molecule has 8 aromatic carbocycles. The van der Waals surface area contributed by atoms with Crippen LogP contribution in [0.1, 0.15) is 11.1 Å². The minimum atomic E-state index is 0.807. The maximum Gasteiger partial charge on any atom is 0.0730 e. The molecule has 3 heteroatoms. The fraction of sp³-hybridized carbons (Fsp3) is 0.0185. The third-order valence-electron chi connectivity index (χ3n) is 11.4. The number of pyridine rings is 1. The number of allylic oxidation sites excluding steroid dienone is 4. The van der Waals surface area contributed by atoms with Gasteiger partial charge in [0.1, 0.15) is 0 Å². The molecule has 0 fully saturated rings. The minimum absolute atomic E-state index is 0.807. The van der Waals surface area contributed by atoms with Crippen LogP contribution in [0.15, 0.2) is 206 Å². The summed E-state index contributed by atoms with van der Waals surface area (Å²) >= 11 is 1.92. The summed E-state index contributed by atoms with van der Waals surface area (Å²) in [5.41, 5.74) is 12.2. The van der Waals surface area contributed by atoms with Gasteiger partial charge in [-0.25, -0.2) is 4.98 Å². The molecule has 0 radical (unpaired) electrons. The second-order valence-electron chi connectivity index (χ2n) is 14.7. The maximum absolute atomic E-state index is 5.29. The molecule has 10 aromatic rings. The van der Waals surface area contributed by atoms with Crippen LogP contribution in [0.3, 0.4) is 0 Å². The first-order valence-corrected chi connectivity index (χ1v) is 20.4. The number of hydrogen-bond acceptors (Lipinski definition) is 2. The van der Waals surface area contributed by atoms with Crippen LogP contribution in [0.2, 0.25) is 0 Å². The molecule has 0 spiro atoms. The molecular formula is C54H36N2S. The third-order valence-corrected chi connectivity index (χ3v) is 12.6. The Labute approximate surface area is 335 Å². The summed E-state index contributed by atoms with van der Waals surface area (Å²) in [4.78, 5) is 6.54. The second kappa shape index (κ2) is 13.7. The van der Waals surface area contributed by atoms with Crippen molar-refractivity contribution in [3.8, 4) is 28.2 Å². The lowest BCUT2D eigenvalue weighted by molar-refractivity contribution is 1.16. The largest absolute Gasteiger partial charge is 0.308 e. The van der Waals surface area contributed by atoms with E-state index in [4.69, 9.17) is 4.98 Å². The van der Waals surface area contributed by atoms with Crippen molar-refractivity contribution in [3.05, 3.63) is 212 Å². The van der Waals surface area contributed by atoms with E-state index in [-0.39, 0.29) is 0 Å². The first-order valence-electron chi connectivity index (χ1n) is 19.4. The normalized spacial score (nSPS) is 14.7. The lowest BCUT2D eigenvalue weighted by Crippen LogP contribution is -1.99. The number of thioether (sulfide) groups is 1. The summed E-state index contributed by atoms with van der Waals surface area (Å²) < 4.78 is 2.51. The summed E-state index contributed by atoms with van der Waals surface area (Å²) in [6.07, 6.45) is 6.64. The van der Waals surface area contributed by atoms with Crippen molar-refractivity contribution in [1.29, 1.82) is 0 Å². The van der Waals surface area contributed by atoms with Gasteiger partial charge in [0.2, 0.25) is 0 Å². The Kier molecular flexibility index (Phi) is 8.01. The van der Waals surface area contributed by atoms with E-state index >= 15 is 0 Å². The Hall–Kier alpha value is -6.94. The van der Waals surface area contributed by atoms with Crippen LogP contribution < -0.4 is 0 Å². The van der Waals surface area contributed by atoms with Crippen molar-refractivity contribution in [2.75, 3.05) is 5.75 Å². The highest BCUT2D eigenvalue weighted by atomic mass is 32.2. The smallest absolute Gasteiger partial charge is 0.0730 e. The summed E-state index contributed by atoms with van der Waals surface area (Å²) in [5, 5.41) is 10.00. The van der Waals surface area contributed by atoms with Crippen LogP contribution in [0.25, 0.3) is 93.5 Å². The van der Waals surface area contributed by atoms with Gasteiger partial charge in [0.25, 0.3) is 0 Å². The molecule has 3 heterocycles. The first-order chi connectivity index (χ1) is 28.2. The van der Waals surface area contributed by atoms with Crippen LogP contribution in [-0.2, 0) is 0 Å². The van der Waals surface area contributed by atoms with Crippen molar-refractivity contribution in [1.82, 2.24) is 9.55 Å². The van der Waals surface area contributed by atoms with Crippen molar-refractivity contribution in [3.63, 3.8) is 0 Å². The standard InChI is InChI=1S/C54H36N2S/c1-35-16-14-23-39(43-29-15-22-36-17-8-9-24-42(36)43)34-57-54-41(35)30-31-50-52(54)51-46-27-12-10-25-44(46)45-26-11-13-28-47(45)53(51)56(50)40-32-48(37-18-4-2-5-19-37)55-49(33-40)38-20-6-3-7-21-38/h2-33H,1,34H2/b16-14-,39-23+. The molecule has 0 bridgehead atoms. The van der Waals surface area contributed by atoms with Crippen molar-refractivity contribution in [2.24, 2.45) is 0 Å². The maximum atomic E-state index is 5.29. The molecule has 11 rings (SSSR count). The van der Waals surface area contributed by atoms with Crippen molar-refractivity contribution >= 4 is 77.0 Å². The van der Waals surface area contributed by atoms with Crippen LogP contribution in [-0.4, -0.2) is 15.3 Å².